The van der Waals surface area contributed by atoms with E-state index in [1.807, 2.05) is 36.4 Å². The van der Waals surface area contributed by atoms with Crippen LogP contribution in [0.5, 0.6) is 0 Å². The second kappa shape index (κ2) is 14.0. The Hall–Kier alpha value is -2.07. The van der Waals surface area contributed by atoms with Crippen molar-refractivity contribution in [3.63, 3.8) is 0 Å². The molecule has 19 heavy (non-hydrogen) atoms. The summed E-state index contributed by atoms with van der Waals surface area (Å²) in [6.07, 6.45) is 7.00. The predicted molar refractivity (Wildman–Crippen MR) is 63.7 cm³/mol. The Morgan fingerprint density at radius 1 is 0.632 bits per heavy atom. The largest absolute Gasteiger partial charge is 0.473 e. The molecule has 0 amide bonds. The molecule has 0 aromatic carbocycles. The first-order chi connectivity index (χ1) is 8.64. The number of aliphatic carboxylic acids is 2. The standard InChI is InChI=1S/2C5H5N.C2H2O4.Pt/c2*1-2-4-6-5-3-1;3-1(4)2(5)6;/h2*1-5H;(H,3,4)(H,5,6);. The molecule has 2 heterocycles. The fourth-order valence-corrected chi connectivity index (χ4v) is 0.625. The molecular formula is C12H12N2O4Pt. The summed E-state index contributed by atoms with van der Waals surface area (Å²) < 4.78 is 0. The van der Waals surface area contributed by atoms with Crippen LogP contribution in [0.2, 0.25) is 0 Å². The van der Waals surface area contributed by atoms with Crippen LogP contribution in [0, 0.1) is 0 Å². The van der Waals surface area contributed by atoms with Crippen LogP contribution in [0.25, 0.3) is 0 Å². The Morgan fingerprint density at radius 3 is 0.947 bits per heavy atom. The van der Waals surface area contributed by atoms with Gasteiger partial charge in [-0.2, -0.15) is 0 Å². The minimum Gasteiger partial charge on any atom is -0.473 e. The fourth-order valence-electron chi connectivity index (χ4n) is 0.625. The van der Waals surface area contributed by atoms with Gasteiger partial charge in [-0.3, -0.25) is 9.97 Å². The summed E-state index contributed by atoms with van der Waals surface area (Å²) in [5.41, 5.74) is 0. The van der Waals surface area contributed by atoms with Gasteiger partial charge in [0.25, 0.3) is 0 Å². The van der Waals surface area contributed by atoms with Gasteiger partial charge in [-0.1, -0.05) is 12.1 Å². The maximum Gasteiger partial charge on any atom is 0.414 e. The third-order valence-corrected chi connectivity index (χ3v) is 1.32. The van der Waals surface area contributed by atoms with E-state index >= 15 is 0 Å². The van der Waals surface area contributed by atoms with Crippen molar-refractivity contribution in [1.29, 1.82) is 0 Å². The van der Waals surface area contributed by atoms with Gasteiger partial charge in [-0.05, 0) is 24.3 Å². The zero-order valence-electron chi connectivity index (χ0n) is 9.70. The molecular weight excluding hydrogens is 431 g/mol. The Kier molecular flexibility index (Phi) is 14.2. The number of nitrogens with zero attached hydrogens (tertiary/aromatic N) is 2. The van der Waals surface area contributed by atoms with E-state index < -0.39 is 11.9 Å². The number of rotatable bonds is 0. The molecule has 0 radical (unpaired) electrons. The second-order valence-corrected chi connectivity index (χ2v) is 2.66. The van der Waals surface area contributed by atoms with Crippen molar-refractivity contribution in [2.75, 3.05) is 0 Å². The molecule has 0 spiro atoms. The van der Waals surface area contributed by atoms with Gasteiger partial charge in [0.2, 0.25) is 0 Å². The molecule has 6 nitrogen and oxygen atoms in total. The van der Waals surface area contributed by atoms with Crippen LogP contribution in [0.1, 0.15) is 0 Å². The van der Waals surface area contributed by atoms with Crippen LogP contribution in [0.3, 0.4) is 0 Å². The van der Waals surface area contributed by atoms with Gasteiger partial charge in [0.05, 0.1) is 0 Å². The maximum atomic E-state index is 9.10. The molecule has 0 aliphatic carbocycles. The van der Waals surface area contributed by atoms with E-state index in [9.17, 15) is 0 Å². The van der Waals surface area contributed by atoms with E-state index in [2.05, 4.69) is 9.97 Å². The van der Waals surface area contributed by atoms with E-state index in [0.717, 1.165) is 0 Å². The van der Waals surface area contributed by atoms with Crippen LogP contribution >= 0.6 is 0 Å². The van der Waals surface area contributed by atoms with E-state index in [1.54, 1.807) is 24.8 Å². The topological polar surface area (TPSA) is 100 Å². The van der Waals surface area contributed by atoms with Crippen LogP contribution < -0.4 is 0 Å². The molecule has 2 N–H and O–H groups in total. The second-order valence-electron chi connectivity index (χ2n) is 2.66. The number of carbonyl (C=O) groups is 2. The van der Waals surface area contributed by atoms with E-state index in [0.29, 0.717) is 0 Å². The molecule has 0 saturated heterocycles. The third kappa shape index (κ3) is 15.9. The third-order valence-electron chi connectivity index (χ3n) is 1.32. The molecule has 0 aliphatic rings. The van der Waals surface area contributed by atoms with Gasteiger partial charge >= 0.3 is 11.9 Å². The van der Waals surface area contributed by atoms with Crippen molar-refractivity contribution in [1.82, 2.24) is 9.97 Å². The molecule has 0 atom stereocenters. The van der Waals surface area contributed by atoms with E-state index in [-0.39, 0.29) is 21.1 Å². The Bertz CT molecular complexity index is 343. The number of pyridine rings is 2. The number of carboxylic acids is 2. The summed E-state index contributed by atoms with van der Waals surface area (Å²) >= 11 is 0. The summed E-state index contributed by atoms with van der Waals surface area (Å²) in [4.78, 5) is 25.8. The van der Waals surface area contributed by atoms with Gasteiger partial charge in [-0.25, -0.2) is 9.59 Å². The summed E-state index contributed by atoms with van der Waals surface area (Å²) in [6.45, 7) is 0. The molecule has 0 fully saturated rings. The number of hydrogen-bond acceptors (Lipinski definition) is 4. The van der Waals surface area contributed by atoms with Crippen LogP contribution in [0.15, 0.2) is 61.2 Å². The van der Waals surface area contributed by atoms with Crippen LogP contribution in [0.4, 0.5) is 0 Å². The number of hydrogen-bond donors (Lipinski definition) is 2. The first-order valence-electron chi connectivity index (χ1n) is 4.80. The summed E-state index contributed by atoms with van der Waals surface area (Å²) in [5, 5.41) is 14.8. The zero-order chi connectivity index (χ0) is 13.6. The van der Waals surface area contributed by atoms with E-state index in [1.165, 1.54) is 0 Å². The van der Waals surface area contributed by atoms with Crippen molar-refractivity contribution in [2.45, 2.75) is 0 Å². The SMILES string of the molecule is O=C(O)C(=O)O.[Pt].c1ccncc1.c1ccncc1. The quantitative estimate of drug-likeness (QED) is 0.596. The Morgan fingerprint density at radius 2 is 0.895 bits per heavy atom. The van der Waals surface area contributed by atoms with Gasteiger partial charge in [0.15, 0.2) is 0 Å². The van der Waals surface area contributed by atoms with Gasteiger partial charge < -0.3 is 10.2 Å². The normalized spacial score (nSPS) is 7.37. The van der Waals surface area contributed by atoms with Gasteiger partial charge in [-0.15, -0.1) is 0 Å². The Balaban J connectivity index is 0. The molecule has 0 bridgehead atoms. The molecule has 2 aromatic rings. The summed E-state index contributed by atoms with van der Waals surface area (Å²) in [5.74, 6) is -3.65. The van der Waals surface area contributed by atoms with Gasteiger partial charge in [0.1, 0.15) is 0 Å². The average Bonchev–Trinajstić information content (AvgIpc) is 2.44. The summed E-state index contributed by atoms with van der Waals surface area (Å²) in [6, 6.07) is 11.4. The summed E-state index contributed by atoms with van der Waals surface area (Å²) in [7, 11) is 0. The predicted octanol–water partition coefficient (Wildman–Crippen LogP) is 1.32. The van der Waals surface area contributed by atoms with Crippen LogP contribution in [-0.4, -0.2) is 32.1 Å². The molecule has 0 unspecified atom stereocenters. The van der Waals surface area contributed by atoms with Crippen molar-refractivity contribution in [2.24, 2.45) is 0 Å². The molecule has 7 heteroatoms. The zero-order valence-corrected chi connectivity index (χ0v) is 12.0. The maximum absolute atomic E-state index is 9.10. The average molecular weight is 443 g/mol. The van der Waals surface area contributed by atoms with Crippen LogP contribution in [-0.2, 0) is 30.7 Å². The molecule has 0 saturated carbocycles. The van der Waals surface area contributed by atoms with Crippen molar-refractivity contribution < 1.29 is 40.9 Å². The first kappa shape index (κ1) is 19.3. The minimum absolute atomic E-state index is 0. The first-order valence-corrected chi connectivity index (χ1v) is 4.80. The fraction of sp³-hybridized carbons (Fsp3) is 0. The molecule has 2 rings (SSSR count). The molecule has 0 aliphatic heterocycles. The van der Waals surface area contributed by atoms with E-state index in [4.69, 9.17) is 19.8 Å². The van der Waals surface area contributed by atoms with Crippen molar-refractivity contribution in [3.05, 3.63) is 61.2 Å². The van der Waals surface area contributed by atoms with Crippen molar-refractivity contribution in [3.8, 4) is 0 Å². The smallest absolute Gasteiger partial charge is 0.414 e. The monoisotopic (exact) mass is 443 g/mol. The van der Waals surface area contributed by atoms with Crippen molar-refractivity contribution >= 4 is 11.9 Å². The number of aromatic nitrogens is 2. The Labute approximate surface area is 124 Å². The van der Waals surface area contributed by atoms with Gasteiger partial charge in [0, 0.05) is 45.9 Å². The molecule has 104 valence electrons. The number of carboxylic acid groups (broad SMARTS) is 2. The molecule has 2 aromatic heterocycles. The minimum atomic E-state index is -1.82.